The first-order valence-corrected chi connectivity index (χ1v) is 12.1. The molecule has 0 aliphatic carbocycles. The minimum absolute atomic E-state index is 0.0264. The second kappa shape index (κ2) is 12.2. The Bertz CT molecular complexity index is 1070. The van der Waals surface area contributed by atoms with E-state index >= 15 is 0 Å². The first-order valence-electron chi connectivity index (χ1n) is 10.6. The fraction of sp³-hybridized carbons (Fsp3) is 0.391. The van der Waals surface area contributed by atoms with Crippen molar-refractivity contribution in [1.29, 1.82) is 0 Å². The van der Waals surface area contributed by atoms with Gasteiger partial charge in [0.05, 0.1) is 18.6 Å². The number of carbonyl (C=O) groups is 2. The lowest BCUT2D eigenvalue weighted by atomic mass is 10.2. The van der Waals surface area contributed by atoms with Gasteiger partial charge in [0.1, 0.15) is 0 Å². The van der Waals surface area contributed by atoms with Crippen molar-refractivity contribution < 1.29 is 27.5 Å². The number of amides is 2. The lowest BCUT2D eigenvalue weighted by Crippen LogP contribution is -2.41. The van der Waals surface area contributed by atoms with Gasteiger partial charge in [-0.05, 0) is 42.8 Å². The SMILES string of the molecule is CCCCCCOc1ccc(C(=O)NNC(=O)c2cccc(S(=O)(=O)N(C)C)c2)cc1OC. The minimum Gasteiger partial charge on any atom is -0.493 e. The molecule has 180 valence electrons. The van der Waals surface area contributed by atoms with E-state index in [9.17, 15) is 18.0 Å². The number of unbranched alkanes of at least 4 members (excludes halogenated alkanes) is 3. The van der Waals surface area contributed by atoms with Crippen molar-refractivity contribution in [1.82, 2.24) is 15.2 Å². The van der Waals surface area contributed by atoms with Crippen LogP contribution in [0.3, 0.4) is 0 Å². The number of ether oxygens (including phenoxy) is 2. The quantitative estimate of drug-likeness (QED) is 0.380. The summed E-state index contributed by atoms with van der Waals surface area (Å²) < 4.78 is 36.6. The number of benzene rings is 2. The smallest absolute Gasteiger partial charge is 0.269 e. The molecule has 0 atom stereocenters. The van der Waals surface area contributed by atoms with Crippen LogP contribution in [-0.4, -0.2) is 52.3 Å². The largest absolute Gasteiger partial charge is 0.493 e. The van der Waals surface area contributed by atoms with E-state index in [0.29, 0.717) is 18.1 Å². The Kier molecular flexibility index (Phi) is 9.68. The normalized spacial score (nSPS) is 11.2. The van der Waals surface area contributed by atoms with Crippen LogP contribution in [0, 0.1) is 0 Å². The van der Waals surface area contributed by atoms with E-state index in [-0.39, 0.29) is 16.0 Å². The first-order chi connectivity index (χ1) is 15.7. The summed E-state index contributed by atoms with van der Waals surface area (Å²) >= 11 is 0. The Balaban J connectivity index is 2.01. The minimum atomic E-state index is -3.69. The molecule has 0 saturated carbocycles. The standard InChI is InChI=1S/C23H31N3O6S/c1-5-6-7-8-14-32-20-13-12-18(16-21(20)31-4)23(28)25-24-22(27)17-10-9-11-19(15-17)33(29,30)26(2)3/h9-13,15-16H,5-8,14H2,1-4H3,(H,24,27)(H,25,28). The number of nitrogens with zero attached hydrogens (tertiary/aromatic N) is 1. The summed E-state index contributed by atoms with van der Waals surface area (Å²) in [5.41, 5.74) is 4.96. The molecule has 2 aromatic rings. The summed E-state index contributed by atoms with van der Waals surface area (Å²) in [6.07, 6.45) is 4.32. The van der Waals surface area contributed by atoms with Gasteiger partial charge >= 0.3 is 0 Å². The summed E-state index contributed by atoms with van der Waals surface area (Å²) in [6.45, 7) is 2.70. The summed E-state index contributed by atoms with van der Waals surface area (Å²) in [4.78, 5) is 24.9. The molecule has 0 aliphatic heterocycles. The molecule has 10 heteroatoms. The van der Waals surface area contributed by atoms with E-state index in [1.54, 1.807) is 12.1 Å². The highest BCUT2D eigenvalue weighted by Crippen LogP contribution is 2.28. The molecule has 2 N–H and O–H groups in total. The van der Waals surface area contributed by atoms with Crippen molar-refractivity contribution in [3.05, 3.63) is 53.6 Å². The van der Waals surface area contributed by atoms with Crippen molar-refractivity contribution in [2.75, 3.05) is 27.8 Å². The molecule has 0 spiro atoms. The van der Waals surface area contributed by atoms with Crippen LogP contribution in [0.15, 0.2) is 47.4 Å². The molecule has 0 heterocycles. The van der Waals surface area contributed by atoms with Crippen molar-refractivity contribution in [2.45, 2.75) is 37.5 Å². The highest BCUT2D eigenvalue weighted by atomic mass is 32.2. The Morgan fingerprint density at radius 2 is 1.58 bits per heavy atom. The van der Waals surface area contributed by atoms with E-state index in [1.807, 2.05) is 0 Å². The topological polar surface area (TPSA) is 114 Å². The van der Waals surface area contributed by atoms with Gasteiger partial charge in [0.25, 0.3) is 11.8 Å². The van der Waals surface area contributed by atoms with Crippen LogP contribution in [0.2, 0.25) is 0 Å². The number of hydrogen-bond acceptors (Lipinski definition) is 6. The van der Waals surface area contributed by atoms with Crippen LogP contribution in [0.5, 0.6) is 11.5 Å². The van der Waals surface area contributed by atoms with Gasteiger partial charge in [0.2, 0.25) is 10.0 Å². The lowest BCUT2D eigenvalue weighted by Gasteiger charge is -2.13. The van der Waals surface area contributed by atoms with Crippen molar-refractivity contribution >= 4 is 21.8 Å². The molecule has 0 unspecified atom stereocenters. The van der Waals surface area contributed by atoms with E-state index in [2.05, 4.69) is 17.8 Å². The second-order valence-electron chi connectivity index (χ2n) is 7.50. The van der Waals surface area contributed by atoms with Crippen LogP contribution in [-0.2, 0) is 10.0 Å². The number of nitrogens with one attached hydrogen (secondary N) is 2. The van der Waals surface area contributed by atoms with Gasteiger partial charge in [-0.2, -0.15) is 0 Å². The third-order valence-electron chi connectivity index (χ3n) is 4.85. The monoisotopic (exact) mass is 477 g/mol. The van der Waals surface area contributed by atoms with Crippen LogP contribution < -0.4 is 20.3 Å². The maximum Gasteiger partial charge on any atom is 0.269 e. The number of methoxy groups -OCH3 is 1. The van der Waals surface area contributed by atoms with Gasteiger partial charge in [-0.1, -0.05) is 32.3 Å². The zero-order valence-corrected chi connectivity index (χ0v) is 20.2. The summed E-state index contributed by atoms with van der Waals surface area (Å²) in [6, 6.07) is 10.3. The number of carbonyl (C=O) groups excluding carboxylic acids is 2. The Morgan fingerprint density at radius 1 is 0.909 bits per heavy atom. The third-order valence-corrected chi connectivity index (χ3v) is 6.66. The molecular formula is C23H31N3O6S. The van der Waals surface area contributed by atoms with Gasteiger partial charge in [-0.3, -0.25) is 20.4 Å². The summed E-state index contributed by atoms with van der Waals surface area (Å²) in [5, 5.41) is 0. The number of rotatable bonds is 11. The molecule has 2 amide bonds. The predicted molar refractivity (Wildman–Crippen MR) is 125 cm³/mol. The van der Waals surface area contributed by atoms with Crippen molar-refractivity contribution in [3.8, 4) is 11.5 Å². The third kappa shape index (κ3) is 7.19. The van der Waals surface area contributed by atoms with Gasteiger partial charge < -0.3 is 9.47 Å². The molecule has 2 aromatic carbocycles. The molecule has 0 radical (unpaired) electrons. The molecule has 0 saturated heterocycles. The molecular weight excluding hydrogens is 446 g/mol. The fourth-order valence-electron chi connectivity index (χ4n) is 2.91. The van der Waals surface area contributed by atoms with Crippen LogP contribution in [0.1, 0.15) is 53.3 Å². The van der Waals surface area contributed by atoms with Gasteiger partial charge in [0.15, 0.2) is 11.5 Å². The van der Waals surface area contributed by atoms with Crippen molar-refractivity contribution in [3.63, 3.8) is 0 Å². The molecule has 0 bridgehead atoms. The first kappa shape index (κ1) is 26.1. The van der Waals surface area contributed by atoms with Crippen LogP contribution in [0.4, 0.5) is 0 Å². The summed E-state index contributed by atoms with van der Waals surface area (Å²) in [5.74, 6) is -0.272. The average molecular weight is 478 g/mol. The Hall–Kier alpha value is -3.11. The predicted octanol–water partition coefficient (Wildman–Crippen LogP) is 2.98. The highest BCUT2D eigenvalue weighted by molar-refractivity contribution is 7.89. The van der Waals surface area contributed by atoms with E-state index in [4.69, 9.17) is 9.47 Å². The van der Waals surface area contributed by atoms with E-state index < -0.39 is 21.8 Å². The van der Waals surface area contributed by atoms with Crippen molar-refractivity contribution in [2.24, 2.45) is 0 Å². The zero-order valence-electron chi connectivity index (χ0n) is 19.4. The highest BCUT2D eigenvalue weighted by Gasteiger charge is 2.19. The number of hydrazine groups is 1. The van der Waals surface area contributed by atoms with Crippen LogP contribution in [0.25, 0.3) is 0 Å². The van der Waals surface area contributed by atoms with E-state index in [0.717, 1.165) is 30.0 Å². The number of hydrogen-bond donors (Lipinski definition) is 2. The molecule has 0 aliphatic rings. The summed E-state index contributed by atoms with van der Waals surface area (Å²) in [7, 11) is 0.597. The lowest BCUT2D eigenvalue weighted by molar-refractivity contribution is 0.0846. The maximum absolute atomic E-state index is 12.5. The molecule has 0 aromatic heterocycles. The average Bonchev–Trinajstić information content (AvgIpc) is 2.82. The molecule has 2 rings (SSSR count). The Morgan fingerprint density at radius 3 is 2.18 bits per heavy atom. The molecule has 0 fully saturated rings. The second-order valence-corrected chi connectivity index (χ2v) is 9.65. The van der Waals surface area contributed by atoms with Gasteiger partial charge in [-0.15, -0.1) is 0 Å². The molecule has 9 nitrogen and oxygen atoms in total. The van der Waals surface area contributed by atoms with E-state index in [1.165, 1.54) is 51.5 Å². The number of sulfonamides is 1. The van der Waals surface area contributed by atoms with Gasteiger partial charge in [0, 0.05) is 25.2 Å². The molecule has 33 heavy (non-hydrogen) atoms. The fourth-order valence-corrected chi connectivity index (χ4v) is 3.85. The Labute approximate surface area is 195 Å². The van der Waals surface area contributed by atoms with Gasteiger partial charge in [-0.25, -0.2) is 12.7 Å². The zero-order chi connectivity index (χ0) is 24.4. The van der Waals surface area contributed by atoms with Crippen LogP contribution >= 0.6 is 0 Å². The maximum atomic E-state index is 12.5.